The zero-order chi connectivity index (χ0) is 22.0. The number of anilines is 1. The quantitative estimate of drug-likeness (QED) is 0.543. The van der Waals surface area contributed by atoms with Gasteiger partial charge in [-0.15, -0.1) is 0 Å². The first kappa shape index (κ1) is 21.4. The van der Waals surface area contributed by atoms with E-state index in [9.17, 15) is 19.1 Å². The van der Waals surface area contributed by atoms with Crippen LogP contribution in [0.2, 0.25) is 0 Å². The first-order valence-corrected chi connectivity index (χ1v) is 11.4. The van der Waals surface area contributed by atoms with Gasteiger partial charge in [0.2, 0.25) is 0 Å². The summed E-state index contributed by atoms with van der Waals surface area (Å²) >= 11 is 1.63. The largest absolute Gasteiger partial charge is 0.487 e. The molecule has 2 aliphatic rings. The fraction of sp³-hybridized carbons (Fsp3) is 0.304. The average molecular weight is 443 g/mol. The zero-order valence-electron chi connectivity index (χ0n) is 17.0. The number of fused-ring (bicyclic) bond motifs is 2. The predicted octanol–water partition coefficient (Wildman–Crippen LogP) is 3.51. The Morgan fingerprint density at radius 1 is 1.29 bits per heavy atom. The van der Waals surface area contributed by atoms with Gasteiger partial charge in [-0.2, -0.15) is 11.8 Å². The van der Waals surface area contributed by atoms with Crippen molar-refractivity contribution in [1.29, 1.82) is 0 Å². The molecule has 0 bridgehead atoms. The summed E-state index contributed by atoms with van der Waals surface area (Å²) < 4.78 is 19.6. The van der Waals surface area contributed by atoms with Crippen LogP contribution in [0.1, 0.15) is 28.7 Å². The molecule has 6 nitrogen and oxygen atoms in total. The van der Waals surface area contributed by atoms with E-state index < -0.39 is 17.8 Å². The Morgan fingerprint density at radius 2 is 2.13 bits per heavy atom. The number of ether oxygens (including phenoxy) is 1. The number of aliphatic carboxylic acids is 1. The molecule has 0 fully saturated rings. The highest BCUT2D eigenvalue weighted by Gasteiger charge is 2.32. The minimum Gasteiger partial charge on any atom is -0.487 e. The molecule has 0 aliphatic carbocycles. The van der Waals surface area contributed by atoms with E-state index in [0.29, 0.717) is 48.6 Å². The maximum atomic E-state index is 13.7. The summed E-state index contributed by atoms with van der Waals surface area (Å²) in [6, 6.07) is 9.52. The summed E-state index contributed by atoms with van der Waals surface area (Å²) in [5.74, 6) is -0.296. The number of halogens is 1. The van der Waals surface area contributed by atoms with Crippen molar-refractivity contribution in [2.45, 2.75) is 25.5 Å². The van der Waals surface area contributed by atoms with E-state index in [1.807, 2.05) is 24.5 Å². The van der Waals surface area contributed by atoms with E-state index >= 15 is 0 Å². The van der Waals surface area contributed by atoms with Crippen molar-refractivity contribution in [3.8, 4) is 0 Å². The topological polar surface area (TPSA) is 87.7 Å². The third-order valence-electron chi connectivity index (χ3n) is 5.45. The van der Waals surface area contributed by atoms with Gasteiger partial charge in [0.05, 0.1) is 5.57 Å². The summed E-state index contributed by atoms with van der Waals surface area (Å²) in [6.45, 7) is 0.882. The Balaban J connectivity index is 1.50. The highest BCUT2D eigenvalue weighted by atomic mass is 32.2. The molecule has 3 N–H and O–H groups in total. The standard InChI is InChI=1S/C23H23FN2O4S/c1-31-9-7-19(23(28)29)25-8-6-13-2-4-16-14(10-13)12-30-21(16)20-17-11-15(24)3-5-18(17)26-22(20)27/h2-5,10-11,19,25H,6-9,12H2,1H3,(H,26,27)(H,28,29)/b21-20+/t19-/m0/s1. The Kier molecular flexibility index (Phi) is 6.29. The van der Waals surface area contributed by atoms with Crippen LogP contribution in [0, 0.1) is 5.82 Å². The minimum absolute atomic E-state index is 0.304. The van der Waals surface area contributed by atoms with Gasteiger partial charge in [0.1, 0.15) is 24.2 Å². The predicted molar refractivity (Wildman–Crippen MR) is 119 cm³/mol. The van der Waals surface area contributed by atoms with E-state index in [2.05, 4.69) is 10.6 Å². The lowest BCUT2D eigenvalue weighted by Gasteiger charge is -2.14. The maximum Gasteiger partial charge on any atom is 0.320 e. The lowest BCUT2D eigenvalue weighted by atomic mass is 9.98. The molecule has 2 aromatic carbocycles. The SMILES string of the molecule is CSCC[C@H](NCCc1ccc2c(c1)CO/C2=C1/C(=O)Nc2ccc(F)cc21)C(=O)O. The normalized spacial score (nSPS) is 17.7. The van der Waals surface area contributed by atoms with E-state index in [4.69, 9.17) is 4.74 Å². The smallest absolute Gasteiger partial charge is 0.320 e. The van der Waals surface area contributed by atoms with Gasteiger partial charge in [-0.3, -0.25) is 9.59 Å². The number of carboxylic acid groups (broad SMARTS) is 1. The molecule has 162 valence electrons. The number of thioether (sulfide) groups is 1. The van der Waals surface area contributed by atoms with Crippen molar-refractivity contribution in [2.24, 2.45) is 0 Å². The van der Waals surface area contributed by atoms with Crippen LogP contribution < -0.4 is 10.6 Å². The Morgan fingerprint density at radius 3 is 2.90 bits per heavy atom. The van der Waals surface area contributed by atoms with Gasteiger partial charge in [-0.25, -0.2) is 4.39 Å². The van der Waals surface area contributed by atoms with E-state index in [0.717, 1.165) is 22.4 Å². The Bertz CT molecular complexity index is 1070. The number of nitrogens with one attached hydrogen (secondary N) is 2. The number of hydrogen-bond donors (Lipinski definition) is 3. The highest BCUT2D eigenvalue weighted by molar-refractivity contribution is 7.98. The molecule has 0 unspecified atom stereocenters. The Hall–Kier alpha value is -2.84. The molecular formula is C23H23FN2O4S. The summed E-state index contributed by atoms with van der Waals surface area (Å²) in [4.78, 5) is 23.9. The van der Waals surface area contributed by atoms with Crippen LogP contribution in [-0.2, 0) is 27.4 Å². The third-order valence-corrected chi connectivity index (χ3v) is 6.10. The van der Waals surface area contributed by atoms with Crippen LogP contribution in [0.3, 0.4) is 0 Å². The monoisotopic (exact) mass is 442 g/mol. The second kappa shape index (κ2) is 9.11. The molecule has 0 saturated carbocycles. The Labute approximate surface area is 183 Å². The molecule has 8 heteroatoms. The van der Waals surface area contributed by atoms with E-state index in [-0.39, 0.29) is 5.91 Å². The van der Waals surface area contributed by atoms with E-state index in [1.165, 1.54) is 12.1 Å². The lowest BCUT2D eigenvalue weighted by Crippen LogP contribution is -2.38. The number of carbonyl (C=O) groups is 2. The second-order valence-corrected chi connectivity index (χ2v) is 8.49. The van der Waals surface area contributed by atoms with Crippen molar-refractivity contribution in [3.63, 3.8) is 0 Å². The number of carboxylic acids is 1. The van der Waals surface area contributed by atoms with Gasteiger partial charge in [0.25, 0.3) is 5.91 Å². The van der Waals surface area contributed by atoms with Gasteiger partial charge in [-0.1, -0.05) is 18.2 Å². The minimum atomic E-state index is -0.834. The van der Waals surface area contributed by atoms with Crippen molar-refractivity contribution in [3.05, 3.63) is 64.5 Å². The molecule has 2 aromatic rings. The summed E-state index contributed by atoms with van der Waals surface area (Å²) in [5.41, 5.74) is 4.25. The van der Waals surface area contributed by atoms with Crippen LogP contribution in [0.4, 0.5) is 10.1 Å². The molecule has 2 heterocycles. The van der Waals surface area contributed by atoms with Crippen molar-refractivity contribution < 1.29 is 23.8 Å². The summed E-state index contributed by atoms with van der Waals surface area (Å²) in [6.07, 6.45) is 3.21. The van der Waals surface area contributed by atoms with Gasteiger partial charge in [0.15, 0.2) is 0 Å². The molecule has 0 spiro atoms. The fourth-order valence-corrected chi connectivity index (χ4v) is 4.35. The third kappa shape index (κ3) is 4.45. The van der Waals surface area contributed by atoms with Crippen LogP contribution in [-0.4, -0.2) is 41.6 Å². The van der Waals surface area contributed by atoms with Gasteiger partial charge < -0.3 is 20.5 Å². The van der Waals surface area contributed by atoms with Crippen LogP contribution >= 0.6 is 11.8 Å². The molecule has 0 aromatic heterocycles. The number of carbonyl (C=O) groups excluding carboxylic acids is 1. The van der Waals surface area contributed by atoms with Crippen LogP contribution in [0.25, 0.3) is 11.3 Å². The van der Waals surface area contributed by atoms with Gasteiger partial charge in [0, 0.05) is 22.4 Å². The number of rotatable bonds is 8. The maximum absolute atomic E-state index is 13.7. The molecule has 31 heavy (non-hydrogen) atoms. The van der Waals surface area contributed by atoms with Gasteiger partial charge in [-0.05, 0) is 55.2 Å². The molecule has 0 radical (unpaired) electrons. The highest BCUT2D eigenvalue weighted by Crippen LogP contribution is 2.41. The number of amides is 1. The lowest BCUT2D eigenvalue weighted by molar-refractivity contribution is -0.139. The molecule has 1 atom stereocenters. The molecule has 1 amide bonds. The number of hydrogen-bond acceptors (Lipinski definition) is 5. The van der Waals surface area contributed by atoms with Crippen molar-refractivity contribution in [1.82, 2.24) is 5.32 Å². The summed E-state index contributed by atoms with van der Waals surface area (Å²) in [7, 11) is 0. The first-order valence-electron chi connectivity index (χ1n) is 10.0. The van der Waals surface area contributed by atoms with Crippen LogP contribution in [0.5, 0.6) is 0 Å². The summed E-state index contributed by atoms with van der Waals surface area (Å²) in [5, 5.41) is 15.2. The first-order chi connectivity index (χ1) is 15.0. The van der Waals surface area contributed by atoms with Gasteiger partial charge >= 0.3 is 5.97 Å². The molecule has 2 aliphatic heterocycles. The second-order valence-electron chi connectivity index (χ2n) is 7.50. The molecule has 0 saturated heterocycles. The van der Waals surface area contributed by atoms with Crippen LogP contribution in [0.15, 0.2) is 36.4 Å². The average Bonchev–Trinajstić information content (AvgIpc) is 3.29. The molecule has 4 rings (SSSR count). The van der Waals surface area contributed by atoms with E-state index in [1.54, 1.807) is 17.8 Å². The van der Waals surface area contributed by atoms with Crippen molar-refractivity contribution in [2.75, 3.05) is 23.9 Å². The van der Waals surface area contributed by atoms with Crippen molar-refractivity contribution >= 4 is 40.7 Å². The number of benzene rings is 2. The zero-order valence-corrected chi connectivity index (χ0v) is 17.9. The fourth-order valence-electron chi connectivity index (χ4n) is 3.88. The molecular weight excluding hydrogens is 419 g/mol.